The number of benzene rings is 1. The highest BCUT2D eigenvalue weighted by Gasteiger charge is 2.35. The van der Waals surface area contributed by atoms with E-state index in [1.54, 1.807) is 11.0 Å². The molecule has 1 saturated heterocycles. The van der Waals surface area contributed by atoms with Crippen molar-refractivity contribution in [2.45, 2.75) is 39.8 Å². The number of carbonyl (C=O) groups excluding carboxylic acids is 1. The number of furan rings is 1. The third-order valence-electron chi connectivity index (χ3n) is 3.83. The lowest BCUT2D eigenvalue weighted by atomic mass is 10.2. The molecule has 142 valence electrons. The van der Waals surface area contributed by atoms with Gasteiger partial charge in [0.15, 0.2) is 5.17 Å². The lowest BCUT2D eigenvalue weighted by Gasteiger charge is -2.20. The lowest BCUT2D eigenvalue weighted by Crippen LogP contribution is -2.35. The Morgan fingerprint density at radius 1 is 1.22 bits per heavy atom. The number of hydrogen-bond acceptors (Lipinski definition) is 4. The summed E-state index contributed by atoms with van der Waals surface area (Å²) in [7, 11) is 0. The molecule has 1 amide bonds. The number of amidine groups is 1. The molecule has 1 aliphatic heterocycles. The number of thioether (sulfide) groups is 1. The minimum Gasteiger partial charge on any atom is -0.457 e. The Kier molecular flexibility index (Phi) is 6.18. The van der Waals surface area contributed by atoms with Gasteiger partial charge in [0.25, 0.3) is 5.91 Å². The fourth-order valence-electron chi connectivity index (χ4n) is 2.62. The molecule has 1 aromatic carbocycles. The molecule has 0 spiro atoms. The van der Waals surface area contributed by atoms with Gasteiger partial charge in [0.05, 0.1) is 9.93 Å². The summed E-state index contributed by atoms with van der Waals surface area (Å²) in [6, 6.07) is 9.54. The molecular formula is C20H20BrClN2O2S. The summed E-state index contributed by atoms with van der Waals surface area (Å²) in [6.45, 7) is 7.97. The van der Waals surface area contributed by atoms with E-state index in [1.807, 2.05) is 58.0 Å². The van der Waals surface area contributed by atoms with Crippen molar-refractivity contribution in [3.05, 3.63) is 50.5 Å². The molecule has 0 saturated carbocycles. The summed E-state index contributed by atoms with van der Waals surface area (Å²) in [5, 5.41) is 1.36. The Morgan fingerprint density at radius 2 is 1.96 bits per heavy atom. The van der Waals surface area contributed by atoms with Crippen LogP contribution in [0.5, 0.6) is 0 Å². The number of aliphatic imine (C=N–C) groups is 1. The number of rotatable bonds is 4. The van der Waals surface area contributed by atoms with Crippen molar-refractivity contribution in [1.29, 1.82) is 0 Å². The van der Waals surface area contributed by atoms with E-state index >= 15 is 0 Å². The number of nitrogens with zero attached hydrogens (tertiary/aromatic N) is 2. The van der Waals surface area contributed by atoms with E-state index in [0.717, 1.165) is 15.2 Å². The molecule has 2 heterocycles. The van der Waals surface area contributed by atoms with Crippen molar-refractivity contribution in [3.63, 3.8) is 0 Å². The molecule has 1 fully saturated rings. The predicted octanol–water partition coefficient (Wildman–Crippen LogP) is 6.45. The molecule has 1 aliphatic rings. The first-order valence-corrected chi connectivity index (χ1v) is 10.6. The van der Waals surface area contributed by atoms with Crippen molar-refractivity contribution in [2.24, 2.45) is 4.99 Å². The summed E-state index contributed by atoms with van der Waals surface area (Å²) in [5.74, 6) is 1.27. The Morgan fingerprint density at radius 3 is 2.59 bits per heavy atom. The highest BCUT2D eigenvalue weighted by molar-refractivity contribution is 9.10. The van der Waals surface area contributed by atoms with E-state index in [-0.39, 0.29) is 18.0 Å². The Labute approximate surface area is 176 Å². The van der Waals surface area contributed by atoms with Crippen molar-refractivity contribution in [3.8, 4) is 11.3 Å². The minimum absolute atomic E-state index is 0.0426. The van der Waals surface area contributed by atoms with Crippen LogP contribution in [0.2, 0.25) is 5.02 Å². The van der Waals surface area contributed by atoms with Gasteiger partial charge in [-0.05, 0) is 79.7 Å². The fourth-order valence-corrected chi connectivity index (χ4v) is 4.26. The van der Waals surface area contributed by atoms with Crippen molar-refractivity contribution < 1.29 is 9.21 Å². The van der Waals surface area contributed by atoms with Gasteiger partial charge >= 0.3 is 0 Å². The Balaban J connectivity index is 1.90. The minimum atomic E-state index is -0.0426. The normalized spacial score (nSPS) is 17.9. The summed E-state index contributed by atoms with van der Waals surface area (Å²) in [5.41, 5.74) is 0.879. The van der Waals surface area contributed by atoms with Crippen LogP contribution >= 0.6 is 39.3 Å². The molecule has 0 radical (unpaired) electrons. The predicted molar refractivity (Wildman–Crippen MR) is 117 cm³/mol. The summed E-state index contributed by atoms with van der Waals surface area (Å²) in [4.78, 5) is 19.7. The van der Waals surface area contributed by atoms with Crippen LogP contribution in [0.15, 0.2) is 49.1 Å². The van der Waals surface area contributed by atoms with E-state index in [9.17, 15) is 4.79 Å². The molecule has 7 heteroatoms. The third-order valence-corrected chi connectivity index (χ3v) is 6.06. The van der Waals surface area contributed by atoms with Crippen molar-refractivity contribution in [1.82, 2.24) is 4.90 Å². The molecule has 27 heavy (non-hydrogen) atoms. The first kappa shape index (κ1) is 20.2. The first-order chi connectivity index (χ1) is 12.8. The second-order valence-corrected chi connectivity index (χ2v) is 8.99. The average Bonchev–Trinajstić information content (AvgIpc) is 3.15. The first-order valence-electron chi connectivity index (χ1n) is 8.62. The van der Waals surface area contributed by atoms with Gasteiger partial charge in [-0.15, -0.1) is 0 Å². The SMILES string of the molecule is CC(C)N=C1S/C(=C/c2ccc(-c3ccc(Br)c(Cl)c3)o2)C(=O)N1C(C)C. The summed E-state index contributed by atoms with van der Waals surface area (Å²) >= 11 is 10.9. The molecule has 4 nitrogen and oxygen atoms in total. The topological polar surface area (TPSA) is 45.8 Å². The van der Waals surface area contributed by atoms with Crippen LogP contribution in [-0.4, -0.2) is 28.1 Å². The van der Waals surface area contributed by atoms with Crippen molar-refractivity contribution in [2.75, 3.05) is 0 Å². The van der Waals surface area contributed by atoms with Crippen LogP contribution in [0.1, 0.15) is 33.5 Å². The largest absolute Gasteiger partial charge is 0.457 e. The third kappa shape index (κ3) is 4.50. The molecular weight excluding hydrogens is 448 g/mol. The van der Waals surface area contributed by atoms with Crippen LogP contribution in [0.25, 0.3) is 17.4 Å². The number of carbonyl (C=O) groups is 1. The number of halogens is 2. The zero-order chi connectivity index (χ0) is 19.7. The molecule has 3 rings (SSSR count). The highest BCUT2D eigenvalue weighted by Crippen LogP contribution is 2.35. The maximum atomic E-state index is 12.8. The van der Waals surface area contributed by atoms with Crippen LogP contribution in [0.4, 0.5) is 0 Å². The maximum Gasteiger partial charge on any atom is 0.267 e. The lowest BCUT2D eigenvalue weighted by molar-refractivity contribution is -0.123. The van der Waals surface area contributed by atoms with Crippen molar-refractivity contribution >= 4 is 56.4 Å². The molecule has 2 aromatic rings. The molecule has 0 bridgehead atoms. The van der Waals surface area contributed by atoms with E-state index in [4.69, 9.17) is 16.0 Å². The standard InChI is InChI=1S/C20H20BrClN2O2S/c1-11(2)23-20-24(12(3)4)19(25)18(27-20)10-14-6-8-17(26-14)13-5-7-15(21)16(22)9-13/h5-12H,1-4H3/b18-10+,23-20?. The van der Waals surface area contributed by atoms with E-state index < -0.39 is 0 Å². The zero-order valence-corrected chi connectivity index (χ0v) is 18.7. The van der Waals surface area contributed by atoms with Gasteiger partial charge in [0.1, 0.15) is 11.5 Å². The molecule has 0 atom stereocenters. The van der Waals surface area contributed by atoms with Gasteiger partial charge < -0.3 is 4.42 Å². The zero-order valence-electron chi connectivity index (χ0n) is 15.5. The van der Waals surface area contributed by atoms with Crippen LogP contribution in [-0.2, 0) is 4.79 Å². The number of hydrogen-bond donors (Lipinski definition) is 0. The molecule has 0 N–H and O–H groups in total. The van der Waals surface area contributed by atoms with Gasteiger partial charge in [-0.1, -0.05) is 17.7 Å². The van der Waals surface area contributed by atoms with Gasteiger partial charge in [-0.2, -0.15) is 0 Å². The summed E-state index contributed by atoms with van der Waals surface area (Å²) in [6.07, 6.45) is 1.77. The van der Waals surface area contributed by atoms with Gasteiger partial charge in [0, 0.05) is 28.2 Å². The van der Waals surface area contributed by atoms with Crippen LogP contribution in [0.3, 0.4) is 0 Å². The fraction of sp³-hybridized carbons (Fsp3) is 0.300. The molecule has 0 unspecified atom stereocenters. The second kappa shape index (κ2) is 8.25. The second-order valence-electron chi connectivity index (χ2n) is 6.72. The van der Waals surface area contributed by atoms with Crippen LogP contribution in [0, 0.1) is 0 Å². The highest BCUT2D eigenvalue weighted by atomic mass is 79.9. The van der Waals surface area contributed by atoms with Gasteiger partial charge in [-0.25, -0.2) is 0 Å². The average molecular weight is 468 g/mol. The monoisotopic (exact) mass is 466 g/mol. The Hall–Kier alpha value is -1.50. The van der Waals surface area contributed by atoms with Gasteiger partial charge in [0.2, 0.25) is 0 Å². The van der Waals surface area contributed by atoms with E-state index in [1.165, 1.54) is 11.8 Å². The van der Waals surface area contributed by atoms with Crippen LogP contribution < -0.4 is 0 Å². The number of amides is 1. The molecule has 1 aromatic heterocycles. The van der Waals surface area contributed by atoms with Gasteiger partial charge in [-0.3, -0.25) is 14.7 Å². The smallest absolute Gasteiger partial charge is 0.267 e. The maximum absolute atomic E-state index is 12.8. The van der Waals surface area contributed by atoms with E-state index in [2.05, 4.69) is 20.9 Å². The Bertz CT molecular complexity index is 934. The quantitative estimate of drug-likeness (QED) is 0.485. The molecule has 0 aliphatic carbocycles. The summed E-state index contributed by atoms with van der Waals surface area (Å²) < 4.78 is 6.75. The van der Waals surface area contributed by atoms with E-state index in [0.29, 0.717) is 21.4 Å².